The SMILES string of the molecule is NC(=S)C(NC(=O)c1ccccc1Cl)C1CC1. The van der Waals surface area contributed by atoms with Gasteiger partial charge in [0.1, 0.15) is 0 Å². The predicted molar refractivity (Wildman–Crippen MR) is 72.2 cm³/mol. The Morgan fingerprint density at radius 1 is 1.47 bits per heavy atom. The fourth-order valence-electron chi connectivity index (χ4n) is 1.72. The van der Waals surface area contributed by atoms with Gasteiger partial charge in [-0.3, -0.25) is 4.79 Å². The van der Waals surface area contributed by atoms with E-state index in [4.69, 9.17) is 29.6 Å². The molecule has 0 radical (unpaired) electrons. The molecule has 1 fully saturated rings. The highest BCUT2D eigenvalue weighted by Gasteiger charge is 2.34. The van der Waals surface area contributed by atoms with Crippen molar-refractivity contribution in [3.8, 4) is 0 Å². The first kappa shape index (κ1) is 12.3. The molecule has 0 spiro atoms. The first-order valence-electron chi connectivity index (χ1n) is 5.44. The fraction of sp³-hybridized carbons (Fsp3) is 0.333. The number of benzene rings is 1. The van der Waals surface area contributed by atoms with Crippen LogP contribution in [0.3, 0.4) is 0 Å². The van der Waals surface area contributed by atoms with E-state index in [2.05, 4.69) is 5.32 Å². The second-order valence-corrected chi connectivity index (χ2v) is 5.05. The zero-order valence-electron chi connectivity index (χ0n) is 9.15. The maximum Gasteiger partial charge on any atom is 0.253 e. The number of hydrogen-bond donors (Lipinski definition) is 2. The molecular formula is C12H13ClN2OS. The highest BCUT2D eigenvalue weighted by Crippen LogP contribution is 2.33. The van der Waals surface area contributed by atoms with Crippen molar-refractivity contribution >= 4 is 34.7 Å². The van der Waals surface area contributed by atoms with Crippen LogP contribution in [0.2, 0.25) is 5.02 Å². The third kappa shape index (κ3) is 2.96. The number of nitrogens with two attached hydrogens (primary N) is 1. The van der Waals surface area contributed by atoms with Gasteiger partial charge in [-0.05, 0) is 30.9 Å². The minimum absolute atomic E-state index is 0.214. The van der Waals surface area contributed by atoms with Gasteiger partial charge < -0.3 is 11.1 Å². The molecule has 1 aliphatic rings. The Hall–Kier alpha value is -1.13. The van der Waals surface area contributed by atoms with Crippen LogP contribution in [0.4, 0.5) is 0 Å². The molecule has 1 aliphatic carbocycles. The second-order valence-electron chi connectivity index (χ2n) is 4.17. The maximum absolute atomic E-state index is 12.0. The molecular weight excluding hydrogens is 256 g/mol. The van der Waals surface area contributed by atoms with Gasteiger partial charge >= 0.3 is 0 Å². The Balaban J connectivity index is 2.10. The highest BCUT2D eigenvalue weighted by molar-refractivity contribution is 7.80. The number of nitrogens with one attached hydrogen (secondary N) is 1. The lowest BCUT2D eigenvalue weighted by Crippen LogP contribution is -2.45. The molecule has 5 heteroatoms. The van der Waals surface area contributed by atoms with Gasteiger partial charge in [0.05, 0.1) is 21.6 Å². The predicted octanol–water partition coefficient (Wildman–Crippen LogP) is 2.13. The summed E-state index contributed by atoms with van der Waals surface area (Å²) in [6, 6.07) is 6.71. The quantitative estimate of drug-likeness (QED) is 0.823. The van der Waals surface area contributed by atoms with E-state index in [1.165, 1.54) is 0 Å². The van der Waals surface area contributed by atoms with Crippen LogP contribution in [0.25, 0.3) is 0 Å². The Bertz CT molecular complexity index is 460. The van der Waals surface area contributed by atoms with Gasteiger partial charge in [0, 0.05) is 0 Å². The van der Waals surface area contributed by atoms with E-state index in [-0.39, 0.29) is 11.9 Å². The van der Waals surface area contributed by atoms with Crippen LogP contribution in [0.15, 0.2) is 24.3 Å². The van der Waals surface area contributed by atoms with Crippen LogP contribution >= 0.6 is 23.8 Å². The number of carbonyl (C=O) groups excluding carboxylic acids is 1. The molecule has 0 heterocycles. The average Bonchev–Trinajstić information content (AvgIpc) is 3.09. The molecule has 1 unspecified atom stereocenters. The van der Waals surface area contributed by atoms with Crippen molar-refractivity contribution in [3.63, 3.8) is 0 Å². The van der Waals surface area contributed by atoms with Crippen molar-refractivity contribution in [3.05, 3.63) is 34.9 Å². The summed E-state index contributed by atoms with van der Waals surface area (Å²) in [5.41, 5.74) is 6.08. The summed E-state index contributed by atoms with van der Waals surface area (Å²) in [4.78, 5) is 12.3. The van der Waals surface area contributed by atoms with Crippen LogP contribution in [0.1, 0.15) is 23.2 Å². The molecule has 1 aromatic rings. The third-order valence-corrected chi connectivity index (χ3v) is 3.39. The summed E-state index contributed by atoms with van der Waals surface area (Å²) < 4.78 is 0. The van der Waals surface area contributed by atoms with Gasteiger partial charge in [-0.25, -0.2) is 0 Å². The third-order valence-electron chi connectivity index (χ3n) is 2.81. The van der Waals surface area contributed by atoms with Gasteiger partial charge in [-0.1, -0.05) is 36.0 Å². The van der Waals surface area contributed by atoms with Gasteiger partial charge in [-0.2, -0.15) is 0 Å². The van der Waals surface area contributed by atoms with Crippen molar-refractivity contribution < 1.29 is 4.79 Å². The lowest BCUT2D eigenvalue weighted by Gasteiger charge is -2.17. The topological polar surface area (TPSA) is 55.1 Å². The summed E-state index contributed by atoms with van der Waals surface area (Å²) in [6.07, 6.45) is 2.12. The molecule has 1 saturated carbocycles. The van der Waals surface area contributed by atoms with Crippen molar-refractivity contribution in [1.82, 2.24) is 5.32 Å². The number of rotatable bonds is 4. The van der Waals surface area contributed by atoms with E-state index in [0.717, 1.165) is 12.8 Å². The number of hydrogen-bond acceptors (Lipinski definition) is 2. The van der Waals surface area contributed by atoms with Gasteiger partial charge in [0.15, 0.2) is 0 Å². The van der Waals surface area contributed by atoms with E-state index in [0.29, 0.717) is 21.5 Å². The monoisotopic (exact) mass is 268 g/mol. The van der Waals surface area contributed by atoms with Crippen LogP contribution in [0.5, 0.6) is 0 Å². The summed E-state index contributed by atoms with van der Waals surface area (Å²) >= 11 is 10.9. The molecule has 3 N–H and O–H groups in total. The smallest absolute Gasteiger partial charge is 0.253 e. The summed E-state index contributed by atoms with van der Waals surface area (Å²) in [5, 5.41) is 3.28. The van der Waals surface area contributed by atoms with Gasteiger partial charge in [-0.15, -0.1) is 0 Å². The van der Waals surface area contributed by atoms with Crippen molar-refractivity contribution in [2.45, 2.75) is 18.9 Å². The fourth-order valence-corrected chi connectivity index (χ4v) is 2.19. The molecule has 90 valence electrons. The zero-order chi connectivity index (χ0) is 12.4. The lowest BCUT2D eigenvalue weighted by atomic mass is 10.1. The van der Waals surface area contributed by atoms with E-state index in [1.807, 2.05) is 0 Å². The molecule has 0 saturated heterocycles. The van der Waals surface area contributed by atoms with Gasteiger partial charge in [0.2, 0.25) is 0 Å². The number of amides is 1. The molecule has 0 aliphatic heterocycles. The van der Waals surface area contributed by atoms with E-state index < -0.39 is 0 Å². The van der Waals surface area contributed by atoms with E-state index in [1.54, 1.807) is 24.3 Å². The van der Waals surface area contributed by atoms with Crippen LogP contribution in [-0.4, -0.2) is 16.9 Å². The molecule has 0 aromatic heterocycles. The first-order chi connectivity index (χ1) is 8.09. The van der Waals surface area contributed by atoms with Crippen LogP contribution in [0, 0.1) is 5.92 Å². The van der Waals surface area contributed by atoms with Crippen molar-refractivity contribution in [2.24, 2.45) is 11.7 Å². The standard InChI is InChI=1S/C12H13ClN2OS/c13-9-4-2-1-3-8(9)12(16)15-10(11(14)17)7-5-6-7/h1-4,7,10H,5-6H2,(H2,14,17)(H,15,16). The van der Waals surface area contributed by atoms with Crippen molar-refractivity contribution in [2.75, 3.05) is 0 Å². The number of carbonyl (C=O) groups is 1. The minimum atomic E-state index is -0.222. The molecule has 1 atom stereocenters. The first-order valence-corrected chi connectivity index (χ1v) is 6.23. The summed E-state index contributed by atoms with van der Waals surface area (Å²) in [5.74, 6) is 0.166. The Kier molecular flexibility index (Phi) is 3.64. The lowest BCUT2D eigenvalue weighted by molar-refractivity contribution is 0.0944. The second kappa shape index (κ2) is 5.02. The molecule has 1 aromatic carbocycles. The molecule has 1 amide bonds. The minimum Gasteiger partial charge on any atom is -0.392 e. The number of thiocarbonyl (C=S) groups is 1. The normalized spacial score (nSPS) is 16.3. The molecule has 0 bridgehead atoms. The summed E-state index contributed by atoms with van der Waals surface area (Å²) in [6.45, 7) is 0. The largest absolute Gasteiger partial charge is 0.392 e. The van der Waals surface area contributed by atoms with Crippen LogP contribution < -0.4 is 11.1 Å². The number of halogens is 1. The summed E-state index contributed by atoms with van der Waals surface area (Å²) in [7, 11) is 0. The molecule has 17 heavy (non-hydrogen) atoms. The van der Waals surface area contributed by atoms with Crippen molar-refractivity contribution in [1.29, 1.82) is 0 Å². The Morgan fingerprint density at radius 2 is 2.12 bits per heavy atom. The van der Waals surface area contributed by atoms with Crippen LogP contribution in [-0.2, 0) is 0 Å². The highest BCUT2D eigenvalue weighted by atomic mass is 35.5. The molecule has 2 rings (SSSR count). The van der Waals surface area contributed by atoms with Gasteiger partial charge in [0.25, 0.3) is 5.91 Å². The van der Waals surface area contributed by atoms with E-state index in [9.17, 15) is 4.79 Å². The Labute approximate surface area is 110 Å². The maximum atomic E-state index is 12.0. The van der Waals surface area contributed by atoms with E-state index >= 15 is 0 Å². The molecule has 3 nitrogen and oxygen atoms in total. The zero-order valence-corrected chi connectivity index (χ0v) is 10.7. The average molecular weight is 269 g/mol. The Morgan fingerprint density at radius 3 is 2.65 bits per heavy atom.